The Kier molecular flexibility index (Phi) is 2.87. The van der Waals surface area contributed by atoms with E-state index in [4.69, 9.17) is 0 Å². The molecule has 1 aromatic rings. The van der Waals surface area contributed by atoms with Gasteiger partial charge in [0.05, 0.1) is 10.6 Å². The molecule has 2 N–H and O–H groups in total. The Bertz CT molecular complexity index is 267. The standard InChI is InChI=1S/C8H14N4S/c1-6-8(13-12-11-6)5-10-7-2-3-9-4-7/h7,9-10H,2-5H2,1H3. The average Bonchev–Trinajstić information content (AvgIpc) is 2.72. The molecule has 1 fully saturated rings. The lowest BCUT2D eigenvalue weighted by molar-refractivity contribution is 0.549. The summed E-state index contributed by atoms with van der Waals surface area (Å²) in [6.07, 6.45) is 1.23. The normalized spacial score (nSPS) is 22.4. The number of rotatable bonds is 3. The summed E-state index contributed by atoms with van der Waals surface area (Å²) in [4.78, 5) is 1.26. The first-order valence-electron chi connectivity index (χ1n) is 4.58. The Morgan fingerprint density at radius 1 is 1.69 bits per heavy atom. The molecule has 1 aliphatic rings. The van der Waals surface area contributed by atoms with E-state index in [0.29, 0.717) is 6.04 Å². The van der Waals surface area contributed by atoms with E-state index >= 15 is 0 Å². The van der Waals surface area contributed by atoms with Gasteiger partial charge in [0.25, 0.3) is 0 Å². The second-order valence-corrected chi connectivity index (χ2v) is 4.19. The van der Waals surface area contributed by atoms with Gasteiger partial charge in [-0.05, 0) is 31.4 Å². The van der Waals surface area contributed by atoms with E-state index in [0.717, 1.165) is 25.3 Å². The van der Waals surface area contributed by atoms with E-state index in [1.165, 1.54) is 22.8 Å². The molecule has 5 heteroatoms. The number of aryl methyl sites for hydroxylation is 1. The van der Waals surface area contributed by atoms with Gasteiger partial charge in [-0.2, -0.15) is 0 Å². The third-order valence-electron chi connectivity index (χ3n) is 2.36. The average molecular weight is 198 g/mol. The van der Waals surface area contributed by atoms with Crippen molar-refractivity contribution in [1.82, 2.24) is 20.2 Å². The van der Waals surface area contributed by atoms with Gasteiger partial charge in [0.1, 0.15) is 0 Å². The fourth-order valence-corrected chi connectivity index (χ4v) is 2.06. The van der Waals surface area contributed by atoms with Gasteiger partial charge >= 0.3 is 0 Å². The number of hydrogen-bond donors (Lipinski definition) is 2. The molecule has 72 valence electrons. The minimum Gasteiger partial charge on any atom is -0.315 e. The van der Waals surface area contributed by atoms with Crippen LogP contribution in [0.25, 0.3) is 0 Å². The second-order valence-electron chi connectivity index (χ2n) is 3.35. The lowest BCUT2D eigenvalue weighted by Gasteiger charge is -2.09. The van der Waals surface area contributed by atoms with Crippen molar-refractivity contribution in [2.45, 2.75) is 25.9 Å². The summed E-state index contributed by atoms with van der Waals surface area (Å²) < 4.78 is 3.90. The molecule has 1 unspecified atom stereocenters. The Morgan fingerprint density at radius 3 is 3.23 bits per heavy atom. The van der Waals surface area contributed by atoms with Crippen molar-refractivity contribution in [2.24, 2.45) is 0 Å². The number of aromatic nitrogens is 2. The molecule has 4 nitrogen and oxygen atoms in total. The maximum atomic E-state index is 3.97. The molecule has 0 spiro atoms. The third-order valence-corrected chi connectivity index (χ3v) is 3.18. The predicted octanol–water partition coefficient (Wildman–Crippen LogP) is 0.298. The quantitative estimate of drug-likeness (QED) is 0.733. The number of nitrogens with one attached hydrogen (secondary N) is 2. The van der Waals surface area contributed by atoms with E-state index in [9.17, 15) is 0 Å². The van der Waals surface area contributed by atoms with Crippen LogP contribution in [0.2, 0.25) is 0 Å². The minimum absolute atomic E-state index is 0.626. The van der Waals surface area contributed by atoms with Crippen molar-refractivity contribution in [1.29, 1.82) is 0 Å². The van der Waals surface area contributed by atoms with Crippen LogP contribution in [0.4, 0.5) is 0 Å². The smallest absolute Gasteiger partial charge is 0.0769 e. The summed E-state index contributed by atoms with van der Waals surface area (Å²) in [5, 5.41) is 10.8. The second kappa shape index (κ2) is 4.13. The molecule has 1 aliphatic heterocycles. The van der Waals surface area contributed by atoms with Gasteiger partial charge in [-0.15, -0.1) is 5.10 Å². The van der Waals surface area contributed by atoms with Crippen LogP contribution >= 0.6 is 11.5 Å². The maximum absolute atomic E-state index is 3.97. The summed E-state index contributed by atoms with van der Waals surface area (Å²) in [6.45, 7) is 5.14. The van der Waals surface area contributed by atoms with Gasteiger partial charge in [-0.25, -0.2) is 0 Å². The molecule has 1 aromatic heterocycles. The van der Waals surface area contributed by atoms with Crippen LogP contribution in [-0.2, 0) is 6.54 Å². The lowest BCUT2D eigenvalue weighted by atomic mass is 10.2. The highest BCUT2D eigenvalue weighted by molar-refractivity contribution is 7.05. The monoisotopic (exact) mass is 198 g/mol. The Labute approximate surface area is 81.9 Å². The fraction of sp³-hybridized carbons (Fsp3) is 0.750. The van der Waals surface area contributed by atoms with Crippen molar-refractivity contribution in [3.8, 4) is 0 Å². The summed E-state index contributed by atoms with van der Waals surface area (Å²) >= 11 is 1.49. The summed E-state index contributed by atoms with van der Waals surface area (Å²) in [7, 11) is 0. The van der Waals surface area contributed by atoms with Crippen LogP contribution < -0.4 is 10.6 Å². The van der Waals surface area contributed by atoms with Crippen LogP contribution in [0.3, 0.4) is 0 Å². The van der Waals surface area contributed by atoms with Crippen molar-refractivity contribution in [3.63, 3.8) is 0 Å². The zero-order valence-corrected chi connectivity index (χ0v) is 8.52. The van der Waals surface area contributed by atoms with Crippen LogP contribution in [0.15, 0.2) is 0 Å². The van der Waals surface area contributed by atoms with Crippen molar-refractivity contribution in [2.75, 3.05) is 13.1 Å². The minimum atomic E-state index is 0.626. The first-order valence-corrected chi connectivity index (χ1v) is 5.35. The molecule has 0 amide bonds. The molecular formula is C8H14N4S. The highest BCUT2D eigenvalue weighted by atomic mass is 32.1. The first kappa shape index (κ1) is 9.05. The molecule has 13 heavy (non-hydrogen) atoms. The molecule has 0 saturated carbocycles. The molecular weight excluding hydrogens is 184 g/mol. The van der Waals surface area contributed by atoms with Crippen LogP contribution in [-0.4, -0.2) is 28.7 Å². The van der Waals surface area contributed by atoms with Gasteiger partial charge in [-0.1, -0.05) is 4.49 Å². The maximum Gasteiger partial charge on any atom is 0.0769 e. The highest BCUT2D eigenvalue weighted by Crippen LogP contribution is 2.09. The molecule has 0 aromatic carbocycles. The van der Waals surface area contributed by atoms with Gasteiger partial charge in [0.2, 0.25) is 0 Å². The van der Waals surface area contributed by atoms with Gasteiger partial charge < -0.3 is 10.6 Å². The molecule has 1 saturated heterocycles. The highest BCUT2D eigenvalue weighted by Gasteiger charge is 2.14. The molecule has 2 rings (SSSR count). The van der Waals surface area contributed by atoms with E-state index in [2.05, 4.69) is 20.2 Å². The van der Waals surface area contributed by atoms with E-state index in [-0.39, 0.29) is 0 Å². The molecule has 1 atom stereocenters. The lowest BCUT2D eigenvalue weighted by Crippen LogP contribution is -2.30. The Balaban J connectivity index is 1.82. The van der Waals surface area contributed by atoms with E-state index in [1.54, 1.807) is 0 Å². The molecule has 0 aliphatic carbocycles. The zero-order valence-electron chi connectivity index (χ0n) is 7.71. The van der Waals surface area contributed by atoms with Crippen molar-refractivity contribution < 1.29 is 0 Å². The molecule has 2 heterocycles. The summed E-state index contributed by atoms with van der Waals surface area (Å²) in [6, 6.07) is 0.626. The van der Waals surface area contributed by atoms with Gasteiger partial charge in [-0.3, -0.25) is 0 Å². The van der Waals surface area contributed by atoms with Crippen LogP contribution in [0, 0.1) is 6.92 Å². The van der Waals surface area contributed by atoms with Gasteiger partial charge in [0.15, 0.2) is 0 Å². The number of hydrogen-bond acceptors (Lipinski definition) is 5. The third kappa shape index (κ3) is 2.24. The zero-order chi connectivity index (χ0) is 9.10. The predicted molar refractivity (Wildman–Crippen MR) is 52.8 cm³/mol. The first-order chi connectivity index (χ1) is 6.36. The summed E-state index contributed by atoms with van der Waals surface area (Å²) in [5.41, 5.74) is 1.06. The van der Waals surface area contributed by atoms with E-state index in [1.807, 2.05) is 6.92 Å². The molecule has 0 bridgehead atoms. The van der Waals surface area contributed by atoms with Crippen molar-refractivity contribution in [3.05, 3.63) is 10.6 Å². The Morgan fingerprint density at radius 2 is 2.62 bits per heavy atom. The number of nitrogens with zero attached hydrogens (tertiary/aromatic N) is 2. The fourth-order valence-electron chi connectivity index (χ4n) is 1.48. The van der Waals surface area contributed by atoms with Crippen LogP contribution in [0.5, 0.6) is 0 Å². The van der Waals surface area contributed by atoms with Crippen LogP contribution in [0.1, 0.15) is 17.0 Å². The largest absolute Gasteiger partial charge is 0.315 e. The van der Waals surface area contributed by atoms with E-state index < -0.39 is 0 Å². The van der Waals surface area contributed by atoms with Crippen molar-refractivity contribution >= 4 is 11.5 Å². The molecule has 0 radical (unpaired) electrons. The Hall–Kier alpha value is -0.520. The summed E-state index contributed by atoms with van der Waals surface area (Å²) in [5.74, 6) is 0. The van der Waals surface area contributed by atoms with Gasteiger partial charge in [0, 0.05) is 19.1 Å². The topological polar surface area (TPSA) is 49.8 Å². The SMILES string of the molecule is Cc1nnsc1CNC1CCNC1.